The lowest BCUT2D eigenvalue weighted by Gasteiger charge is -2.26. The molecular weight excluding hydrogens is 200 g/mol. The maximum absolute atomic E-state index is 9.97. The van der Waals surface area contributed by atoms with Crippen molar-refractivity contribution in [3.63, 3.8) is 0 Å². The van der Waals surface area contributed by atoms with Crippen LogP contribution in [0.3, 0.4) is 0 Å². The lowest BCUT2D eigenvalue weighted by atomic mass is 9.85. The van der Waals surface area contributed by atoms with Crippen LogP contribution in [-0.4, -0.2) is 29.8 Å². The quantitative estimate of drug-likeness (QED) is 0.444. The molecule has 0 aromatic heterocycles. The molecule has 3 heteroatoms. The van der Waals surface area contributed by atoms with Crippen LogP contribution in [0.15, 0.2) is 0 Å². The normalized spacial score (nSPS) is 19.9. The number of alkyl halides is 1. The van der Waals surface area contributed by atoms with Crippen LogP contribution in [0.5, 0.6) is 0 Å². The maximum atomic E-state index is 9.97. The Kier molecular flexibility index (Phi) is 5.32. The van der Waals surface area contributed by atoms with Crippen LogP contribution in [0.25, 0.3) is 0 Å². The minimum atomic E-state index is -0.747. The Hall–Kier alpha value is -0.230. The Morgan fingerprint density at radius 2 is 2.00 bits per heavy atom. The summed E-state index contributed by atoms with van der Waals surface area (Å²) in [5.74, 6) is 6.24. The summed E-state index contributed by atoms with van der Waals surface area (Å²) in [5.41, 5.74) is -0.747. The van der Waals surface area contributed by atoms with Crippen LogP contribution in [0.1, 0.15) is 32.1 Å². The van der Waals surface area contributed by atoms with Gasteiger partial charge in [-0.25, -0.2) is 0 Å². The van der Waals surface area contributed by atoms with E-state index < -0.39 is 5.60 Å². The van der Waals surface area contributed by atoms with Gasteiger partial charge in [0, 0.05) is 5.88 Å². The molecule has 0 bridgehead atoms. The average molecular weight is 217 g/mol. The Balaban J connectivity index is 2.25. The van der Waals surface area contributed by atoms with Crippen molar-refractivity contribution < 1.29 is 9.84 Å². The van der Waals surface area contributed by atoms with Gasteiger partial charge in [-0.3, -0.25) is 0 Å². The fourth-order valence-electron chi connectivity index (χ4n) is 1.64. The molecule has 1 saturated carbocycles. The van der Waals surface area contributed by atoms with Crippen molar-refractivity contribution in [2.24, 2.45) is 0 Å². The van der Waals surface area contributed by atoms with E-state index in [1.165, 1.54) is 6.42 Å². The van der Waals surface area contributed by atoms with E-state index in [2.05, 4.69) is 11.8 Å². The van der Waals surface area contributed by atoms with Gasteiger partial charge >= 0.3 is 0 Å². The van der Waals surface area contributed by atoms with Crippen LogP contribution < -0.4 is 0 Å². The van der Waals surface area contributed by atoms with Crippen LogP contribution >= 0.6 is 11.6 Å². The molecule has 2 nitrogen and oxygen atoms in total. The van der Waals surface area contributed by atoms with Gasteiger partial charge in [-0.05, 0) is 25.7 Å². The Bertz CT molecular complexity index is 211. The molecule has 0 heterocycles. The van der Waals surface area contributed by atoms with Gasteiger partial charge in [0.2, 0.25) is 0 Å². The van der Waals surface area contributed by atoms with E-state index in [0.29, 0.717) is 19.1 Å². The molecule has 1 fully saturated rings. The molecule has 1 rings (SSSR count). The summed E-state index contributed by atoms with van der Waals surface area (Å²) in [6, 6.07) is 0. The Morgan fingerprint density at radius 3 is 2.64 bits per heavy atom. The molecule has 0 atom stereocenters. The third kappa shape index (κ3) is 4.32. The molecule has 0 saturated heterocycles. The van der Waals surface area contributed by atoms with E-state index in [4.69, 9.17) is 16.3 Å². The Labute approximate surface area is 90.6 Å². The maximum Gasteiger partial charge on any atom is 0.125 e. The van der Waals surface area contributed by atoms with Gasteiger partial charge in [-0.1, -0.05) is 18.3 Å². The molecule has 0 unspecified atom stereocenters. The van der Waals surface area contributed by atoms with Crippen LogP contribution in [-0.2, 0) is 4.74 Å². The molecule has 1 aliphatic carbocycles. The SMILES string of the molecule is OC1(C#CCOCCCl)CCCCC1. The van der Waals surface area contributed by atoms with Gasteiger partial charge in [-0.15, -0.1) is 11.6 Å². The van der Waals surface area contributed by atoms with Crippen molar-refractivity contribution in [3.8, 4) is 11.8 Å². The first-order valence-corrected chi connectivity index (χ1v) is 5.66. The van der Waals surface area contributed by atoms with Crippen LogP contribution in [0.2, 0.25) is 0 Å². The lowest BCUT2D eigenvalue weighted by molar-refractivity contribution is 0.0605. The number of hydrogen-bond donors (Lipinski definition) is 1. The first kappa shape index (κ1) is 11.8. The summed E-state index contributed by atoms with van der Waals surface area (Å²) in [6.07, 6.45) is 4.97. The van der Waals surface area contributed by atoms with Gasteiger partial charge in [0.25, 0.3) is 0 Å². The molecule has 80 valence electrons. The van der Waals surface area contributed by atoms with Crippen molar-refractivity contribution in [3.05, 3.63) is 0 Å². The molecule has 1 N–H and O–H groups in total. The van der Waals surface area contributed by atoms with E-state index >= 15 is 0 Å². The third-order valence-electron chi connectivity index (χ3n) is 2.40. The van der Waals surface area contributed by atoms with Gasteiger partial charge in [-0.2, -0.15) is 0 Å². The van der Waals surface area contributed by atoms with Gasteiger partial charge in [0.15, 0.2) is 0 Å². The largest absolute Gasteiger partial charge is 0.378 e. The van der Waals surface area contributed by atoms with Crippen molar-refractivity contribution in [2.75, 3.05) is 19.1 Å². The predicted molar refractivity (Wildman–Crippen MR) is 57.3 cm³/mol. The van der Waals surface area contributed by atoms with Crippen molar-refractivity contribution in [2.45, 2.75) is 37.7 Å². The highest BCUT2D eigenvalue weighted by molar-refractivity contribution is 6.17. The Morgan fingerprint density at radius 1 is 1.29 bits per heavy atom. The fraction of sp³-hybridized carbons (Fsp3) is 0.818. The van der Waals surface area contributed by atoms with Crippen molar-refractivity contribution >= 4 is 11.6 Å². The summed E-state index contributed by atoms with van der Waals surface area (Å²) in [5, 5.41) is 9.97. The van der Waals surface area contributed by atoms with Gasteiger partial charge in [0.05, 0.1) is 6.61 Å². The first-order chi connectivity index (χ1) is 6.77. The van der Waals surface area contributed by atoms with Gasteiger partial charge in [0.1, 0.15) is 12.2 Å². The molecule has 0 spiro atoms. The second kappa shape index (κ2) is 6.29. The summed E-state index contributed by atoms with van der Waals surface area (Å²) in [7, 11) is 0. The molecule has 0 radical (unpaired) electrons. The summed E-state index contributed by atoms with van der Waals surface area (Å²) in [6.45, 7) is 0.893. The average Bonchev–Trinajstić information content (AvgIpc) is 2.18. The van der Waals surface area contributed by atoms with E-state index in [9.17, 15) is 5.11 Å². The summed E-state index contributed by atoms with van der Waals surface area (Å²) >= 11 is 5.43. The van der Waals surface area contributed by atoms with Crippen molar-refractivity contribution in [1.29, 1.82) is 0 Å². The second-order valence-corrected chi connectivity index (χ2v) is 4.01. The zero-order valence-electron chi connectivity index (χ0n) is 8.39. The number of halogens is 1. The molecule has 1 aliphatic rings. The zero-order valence-corrected chi connectivity index (χ0v) is 9.15. The van der Waals surface area contributed by atoms with E-state index in [1.807, 2.05) is 0 Å². The van der Waals surface area contributed by atoms with Crippen molar-refractivity contribution in [1.82, 2.24) is 0 Å². The number of rotatable bonds is 3. The number of hydrogen-bond acceptors (Lipinski definition) is 2. The van der Waals surface area contributed by atoms with E-state index in [0.717, 1.165) is 25.7 Å². The molecule has 14 heavy (non-hydrogen) atoms. The van der Waals surface area contributed by atoms with E-state index in [1.54, 1.807) is 0 Å². The topological polar surface area (TPSA) is 29.5 Å². The first-order valence-electron chi connectivity index (χ1n) is 5.13. The highest BCUT2D eigenvalue weighted by Crippen LogP contribution is 2.26. The van der Waals surface area contributed by atoms with E-state index in [-0.39, 0.29) is 0 Å². The van der Waals surface area contributed by atoms with Crippen LogP contribution in [0, 0.1) is 11.8 Å². The molecule has 0 aliphatic heterocycles. The second-order valence-electron chi connectivity index (χ2n) is 3.64. The molecule has 0 aromatic carbocycles. The van der Waals surface area contributed by atoms with Gasteiger partial charge < -0.3 is 9.84 Å². The minimum absolute atomic E-state index is 0.370. The molecule has 0 aromatic rings. The standard InChI is InChI=1S/C11H17ClO2/c12-8-10-14-9-4-7-11(13)5-2-1-3-6-11/h13H,1-3,5-6,8-10H2. The van der Waals surface area contributed by atoms with Crippen LogP contribution in [0.4, 0.5) is 0 Å². The number of aliphatic hydroxyl groups is 1. The number of ether oxygens (including phenoxy) is 1. The monoisotopic (exact) mass is 216 g/mol. The fourth-order valence-corrected chi connectivity index (χ4v) is 1.75. The minimum Gasteiger partial charge on any atom is -0.378 e. The molecular formula is C11H17ClO2. The zero-order chi connectivity index (χ0) is 10.3. The lowest BCUT2D eigenvalue weighted by Crippen LogP contribution is -2.29. The highest BCUT2D eigenvalue weighted by Gasteiger charge is 2.26. The molecule has 0 amide bonds. The highest BCUT2D eigenvalue weighted by atomic mass is 35.5. The predicted octanol–water partition coefficient (Wildman–Crippen LogP) is 1.94. The smallest absolute Gasteiger partial charge is 0.125 e. The third-order valence-corrected chi connectivity index (χ3v) is 2.55. The summed E-state index contributed by atoms with van der Waals surface area (Å²) in [4.78, 5) is 0. The summed E-state index contributed by atoms with van der Waals surface area (Å²) < 4.78 is 5.10.